The summed E-state index contributed by atoms with van der Waals surface area (Å²) < 4.78 is 4.70. The Bertz CT molecular complexity index is 477. The first-order valence-electron chi connectivity index (χ1n) is 6.14. The maximum absolute atomic E-state index is 11.9. The van der Waals surface area contributed by atoms with Crippen LogP contribution in [0.3, 0.4) is 0 Å². The Balaban J connectivity index is 0.00000361. The third kappa shape index (κ3) is 4.83. The zero-order chi connectivity index (χ0) is 14.4. The summed E-state index contributed by atoms with van der Waals surface area (Å²) in [5.41, 5.74) is 1.87. The number of esters is 1. The maximum atomic E-state index is 11.9. The van der Waals surface area contributed by atoms with Crippen molar-refractivity contribution in [2.75, 3.05) is 26.0 Å². The van der Waals surface area contributed by atoms with Gasteiger partial charge in [0.25, 0.3) is 0 Å². The summed E-state index contributed by atoms with van der Waals surface area (Å²) >= 11 is 0. The van der Waals surface area contributed by atoms with E-state index in [1.807, 2.05) is 13.8 Å². The van der Waals surface area contributed by atoms with Crippen molar-refractivity contribution in [3.05, 3.63) is 29.3 Å². The molecule has 0 aliphatic rings. The lowest BCUT2D eigenvalue weighted by atomic mass is 10.1. The zero-order valence-corrected chi connectivity index (χ0v) is 13.0. The van der Waals surface area contributed by atoms with Gasteiger partial charge in [0.05, 0.1) is 12.7 Å². The summed E-state index contributed by atoms with van der Waals surface area (Å²) in [6.45, 7) is 4.25. The van der Waals surface area contributed by atoms with Crippen LogP contribution in [-0.4, -0.2) is 32.6 Å². The van der Waals surface area contributed by atoms with E-state index in [0.717, 1.165) is 5.56 Å². The molecule has 2 N–H and O–H groups in total. The van der Waals surface area contributed by atoms with Crippen LogP contribution in [0, 0.1) is 12.8 Å². The van der Waals surface area contributed by atoms with Crippen molar-refractivity contribution >= 4 is 30.0 Å². The van der Waals surface area contributed by atoms with Crippen molar-refractivity contribution in [1.82, 2.24) is 5.32 Å². The molecule has 1 unspecified atom stereocenters. The van der Waals surface area contributed by atoms with Crippen molar-refractivity contribution < 1.29 is 14.3 Å². The fourth-order valence-corrected chi connectivity index (χ4v) is 1.69. The Hall–Kier alpha value is -1.59. The van der Waals surface area contributed by atoms with Gasteiger partial charge < -0.3 is 15.4 Å². The maximum Gasteiger partial charge on any atom is 0.338 e. The molecule has 5 nitrogen and oxygen atoms in total. The largest absolute Gasteiger partial charge is 0.465 e. The Labute approximate surface area is 125 Å². The first-order valence-corrected chi connectivity index (χ1v) is 6.14. The molecule has 0 spiro atoms. The monoisotopic (exact) mass is 300 g/mol. The molecule has 0 saturated heterocycles. The molecule has 0 heterocycles. The van der Waals surface area contributed by atoms with Crippen LogP contribution >= 0.6 is 12.4 Å². The number of carbonyl (C=O) groups is 2. The van der Waals surface area contributed by atoms with E-state index in [4.69, 9.17) is 4.74 Å². The summed E-state index contributed by atoms with van der Waals surface area (Å²) in [6.07, 6.45) is 0. The van der Waals surface area contributed by atoms with Gasteiger partial charge in [-0.15, -0.1) is 12.4 Å². The van der Waals surface area contributed by atoms with Crippen molar-refractivity contribution in [2.24, 2.45) is 5.92 Å². The Morgan fingerprint density at radius 3 is 2.55 bits per heavy atom. The second kappa shape index (κ2) is 8.55. The van der Waals surface area contributed by atoms with E-state index >= 15 is 0 Å². The van der Waals surface area contributed by atoms with Gasteiger partial charge in [0, 0.05) is 18.2 Å². The first-order chi connectivity index (χ1) is 8.99. The van der Waals surface area contributed by atoms with E-state index < -0.39 is 5.97 Å². The average Bonchev–Trinajstić information content (AvgIpc) is 2.40. The topological polar surface area (TPSA) is 67.4 Å². The summed E-state index contributed by atoms with van der Waals surface area (Å²) in [5.74, 6) is -0.640. The predicted octanol–water partition coefficient (Wildman–Crippen LogP) is 2.00. The number of ether oxygens (including phenoxy) is 1. The van der Waals surface area contributed by atoms with Crippen molar-refractivity contribution in [1.29, 1.82) is 0 Å². The van der Waals surface area contributed by atoms with Gasteiger partial charge >= 0.3 is 5.97 Å². The average molecular weight is 301 g/mol. The van der Waals surface area contributed by atoms with Gasteiger partial charge in [-0.1, -0.05) is 13.0 Å². The molecular weight excluding hydrogens is 280 g/mol. The van der Waals surface area contributed by atoms with Crippen LogP contribution in [0.25, 0.3) is 0 Å². The lowest BCUT2D eigenvalue weighted by Gasteiger charge is -2.13. The first kappa shape index (κ1) is 18.4. The number of amides is 1. The number of nitrogens with one attached hydrogen (secondary N) is 2. The molecule has 1 aromatic rings. The van der Waals surface area contributed by atoms with Gasteiger partial charge in [-0.05, 0) is 31.7 Å². The fourth-order valence-electron chi connectivity index (χ4n) is 1.69. The van der Waals surface area contributed by atoms with Gasteiger partial charge in [0.2, 0.25) is 5.91 Å². The van der Waals surface area contributed by atoms with Crippen LogP contribution < -0.4 is 10.6 Å². The molecule has 1 amide bonds. The molecule has 0 fully saturated rings. The fraction of sp³-hybridized carbons (Fsp3) is 0.429. The molecule has 112 valence electrons. The lowest BCUT2D eigenvalue weighted by molar-refractivity contribution is -0.119. The third-order valence-corrected chi connectivity index (χ3v) is 2.87. The quantitative estimate of drug-likeness (QED) is 0.816. The highest BCUT2D eigenvalue weighted by Crippen LogP contribution is 2.17. The van der Waals surface area contributed by atoms with Gasteiger partial charge in [0.15, 0.2) is 0 Å². The summed E-state index contributed by atoms with van der Waals surface area (Å²) in [6, 6.07) is 5.18. The minimum Gasteiger partial charge on any atom is -0.465 e. The van der Waals surface area contributed by atoms with E-state index in [-0.39, 0.29) is 24.2 Å². The van der Waals surface area contributed by atoms with Crippen LogP contribution in [0.4, 0.5) is 5.69 Å². The van der Waals surface area contributed by atoms with Crippen LogP contribution in [-0.2, 0) is 9.53 Å². The lowest BCUT2D eigenvalue weighted by Crippen LogP contribution is -2.28. The van der Waals surface area contributed by atoms with Crippen molar-refractivity contribution in [3.63, 3.8) is 0 Å². The molecule has 0 saturated carbocycles. The second-order valence-corrected chi connectivity index (χ2v) is 4.47. The molecule has 1 aromatic carbocycles. The number of halogens is 1. The van der Waals surface area contributed by atoms with E-state index in [0.29, 0.717) is 17.8 Å². The smallest absolute Gasteiger partial charge is 0.338 e. The molecule has 0 aliphatic carbocycles. The number of hydrogen-bond donors (Lipinski definition) is 2. The molecular formula is C14H21ClN2O3. The van der Waals surface area contributed by atoms with E-state index in [9.17, 15) is 9.59 Å². The normalized spacial score (nSPS) is 11.2. The van der Waals surface area contributed by atoms with Crippen molar-refractivity contribution in [2.45, 2.75) is 13.8 Å². The molecule has 1 atom stereocenters. The van der Waals surface area contributed by atoms with Crippen LogP contribution in [0.2, 0.25) is 0 Å². The molecule has 0 aromatic heterocycles. The third-order valence-electron chi connectivity index (χ3n) is 2.87. The molecule has 6 heteroatoms. The predicted molar refractivity (Wildman–Crippen MR) is 81.5 cm³/mol. The number of rotatable bonds is 5. The van der Waals surface area contributed by atoms with Gasteiger partial charge in [0.1, 0.15) is 0 Å². The number of anilines is 1. The number of benzene rings is 1. The van der Waals surface area contributed by atoms with Gasteiger partial charge in [-0.3, -0.25) is 4.79 Å². The Morgan fingerprint density at radius 2 is 2.00 bits per heavy atom. The summed E-state index contributed by atoms with van der Waals surface area (Å²) in [5, 5.41) is 5.73. The standard InChI is InChI=1S/C14H20N2O3.ClH/c1-9-5-6-11(7-12(9)14(18)19-4)16-13(17)10(2)8-15-3;/h5-7,10,15H,8H2,1-4H3,(H,16,17);1H. The molecule has 0 bridgehead atoms. The van der Waals surface area contributed by atoms with E-state index in [2.05, 4.69) is 10.6 Å². The molecule has 0 radical (unpaired) electrons. The van der Waals surface area contributed by atoms with E-state index in [1.54, 1.807) is 25.2 Å². The van der Waals surface area contributed by atoms with Gasteiger partial charge in [-0.2, -0.15) is 0 Å². The zero-order valence-electron chi connectivity index (χ0n) is 12.1. The van der Waals surface area contributed by atoms with Gasteiger partial charge in [-0.25, -0.2) is 4.79 Å². The van der Waals surface area contributed by atoms with Crippen LogP contribution in [0.15, 0.2) is 18.2 Å². The number of carbonyl (C=O) groups excluding carboxylic acids is 2. The minimum atomic E-state index is -0.406. The Kier molecular flexibility index (Phi) is 7.87. The molecule has 1 rings (SSSR count). The highest BCUT2D eigenvalue weighted by atomic mass is 35.5. The van der Waals surface area contributed by atoms with E-state index in [1.165, 1.54) is 7.11 Å². The number of aryl methyl sites for hydroxylation is 1. The summed E-state index contributed by atoms with van der Waals surface area (Å²) in [4.78, 5) is 23.4. The molecule has 20 heavy (non-hydrogen) atoms. The summed E-state index contributed by atoms with van der Waals surface area (Å²) in [7, 11) is 3.13. The van der Waals surface area contributed by atoms with Crippen LogP contribution in [0.1, 0.15) is 22.8 Å². The number of hydrogen-bond acceptors (Lipinski definition) is 4. The highest BCUT2D eigenvalue weighted by Gasteiger charge is 2.14. The number of methoxy groups -OCH3 is 1. The second-order valence-electron chi connectivity index (χ2n) is 4.47. The Morgan fingerprint density at radius 1 is 1.35 bits per heavy atom. The SMILES string of the molecule is CNCC(C)C(=O)Nc1ccc(C)c(C(=O)OC)c1.Cl. The van der Waals surface area contributed by atoms with Crippen molar-refractivity contribution in [3.8, 4) is 0 Å². The van der Waals surface area contributed by atoms with Crippen LogP contribution in [0.5, 0.6) is 0 Å². The highest BCUT2D eigenvalue weighted by molar-refractivity contribution is 5.96. The molecule has 0 aliphatic heterocycles. The minimum absolute atomic E-state index is 0.